The van der Waals surface area contributed by atoms with Crippen molar-refractivity contribution in [3.63, 3.8) is 0 Å². The van der Waals surface area contributed by atoms with Crippen molar-refractivity contribution in [2.45, 2.75) is 11.7 Å². The van der Waals surface area contributed by atoms with Crippen molar-refractivity contribution >= 4 is 30.0 Å². The molecule has 4 rings (SSSR count). The molecule has 2 aromatic heterocycles. The molecular formula is C19H21ClN4S. The predicted octanol–water partition coefficient (Wildman–Crippen LogP) is 4.35. The lowest BCUT2D eigenvalue weighted by Gasteiger charge is -2.16. The van der Waals surface area contributed by atoms with Crippen LogP contribution in [0.2, 0.25) is 0 Å². The number of halogens is 1. The number of thioether (sulfide) groups is 1. The number of rotatable bonds is 3. The summed E-state index contributed by atoms with van der Waals surface area (Å²) in [5.74, 6) is 2.22. The van der Waals surface area contributed by atoms with E-state index < -0.39 is 0 Å². The van der Waals surface area contributed by atoms with E-state index in [1.165, 1.54) is 11.1 Å². The van der Waals surface area contributed by atoms with Crippen molar-refractivity contribution < 1.29 is 0 Å². The minimum absolute atomic E-state index is 0. The Kier molecular flexibility index (Phi) is 5.66. The molecule has 0 aliphatic carbocycles. The van der Waals surface area contributed by atoms with Crippen LogP contribution >= 0.6 is 24.2 Å². The lowest BCUT2D eigenvalue weighted by atomic mass is 10.0. The number of benzene rings is 1. The molecule has 0 radical (unpaired) electrons. The Morgan fingerprint density at radius 1 is 1.16 bits per heavy atom. The van der Waals surface area contributed by atoms with Crippen LogP contribution < -0.4 is 5.32 Å². The highest BCUT2D eigenvalue weighted by Crippen LogP contribution is 2.43. The molecule has 1 aliphatic rings. The van der Waals surface area contributed by atoms with E-state index in [1.54, 1.807) is 0 Å². The van der Waals surface area contributed by atoms with E-state index in [9.17, 15) is 0 Å². The predicted molar refractivity (Wildman–Crippen MR) is 108 cm³/mol. The van der Waals surface area contributed by atoms with Gasteiger partial charge >= 0.3 is 0 Å². The molecule has 25 heavy (non-hydrogen) atoms. The Labute approximate surface area is 158 Å². The third kappa shape index (κ3) is 3.67. The molecule has 1 atom stereocenters. The maximum absolute atomic E-state index is 4.77. The normalized spacial score (nSPS) is 16.3. The summed E-state index contributed by atoms with van der Waals surface area (Å²) in [7, 11) is 2.01. The van der Waals surface area contributed by atoms with Gasteiger partial charge in [0, 0.05) is 36.4 Å². The molecule has 3 aromatic rings. The second-order valence-corrected chi connectivity index (χ2v) is 7.24. The quantitative estimate of drug-likeness (QED) is 0.742. The number of anilines is 1. The molecule has 1 N–H and O–H groups in total. The van der Waals surface area contributed by atoms with Crippen LogP contribution in [0.3, 0.4) is 0 Å². The first-order valence-corrected chi connectivity index (χ1v) is 9.25. The van der Waals surface area contributed by atoms with E-state index in [2.05, 4.69) is 40.6 Å². The molecule has 130 valence electrons. The fourth-order valence-corrected chi connectivity index (χ4v) is 4.39. The summed E-state index contributed by atoms with van der Waals surface area (Å²) in [6.07, 6.45) is 2.84. The largest absolute Gasteiger partial charge is 0.369 e. The number of nitrogens with zero attached hydrogens (tertiary/aromatic N) is 3. The van der Waals surface area contributed by atoms with Gasteiger partial charge in [-0.05, 0) is 24.1 Å². The molecule has 0 saturated carbocycles. The average Bonchev–Trinajstić information content (AvgIpc) is 2.82. The summed E-state index contributed by atoms with van der Waals surface area (Å²) in [6.45, 7) is 0.962. The van der Waals surface area contributed by atoms with Crippen LogP contribution in [0.5, 0.6) is 0 Å². The monoisotopic (exact) mass is 372 g/mol. The highest BCUT2D eigenvalue weighted by Gasteiger charge is 2.28. The van der Waals surface area contributed by atoms with Gasteiger partial charge in [0.15, 0.2) is 0 Å². The number of fused-ring (bicyclic) bond motifs is 1. The first-order valence-electron chi connectivity index (χ1n) is 8.20. The molecule has 0 bridgehead atoms. The number of hydrogen-bond donors (Lipinski definition) is 1. The van der Waals surface area contributed by atoms with Gasteiger partial charge in [-0.25, -0.2) is 0 Å². The standard InChI is InChI=1S/C19H20N4S.ClH/c1-23-19-17(18(22-23)15-9-5-6-10-20-15)16(24-12-11-21-19)13-14-7-3-2-4-8-14;/h2-10,16,21H,11-13H2,1H3;1H. The fourth-order valence-electron chi connectivity index (χ4n) is 3.19. The van der Waals surface area contributed by atoms with Crippen LogP contribution in [0.25, 0.3) is 11.4 Å². The van der Waals surface area contributed by atoms with Crippen molar-refractivity contribution in [3.05, 3.63) is 65.9 Å². The lowest BCUT2D eigenvalue weighted by Crippen LogP contribution is -2.06. The number of aryl methyl sites for hydroxylation is 1. The average molecular weight is 373 g/mol. The van der Waals surface area contributed by atoms with Crippen molar-refractivity contribution in [2.24, 2.45) is 7.05 Å². The summed E-state index contributed by atoms with van der Waals surface area (Å²) in [5, 5.41) is 8.70. The number of pyridine rings is 1. The molecule has 0 amide bonds. The Hall–Kier alpha value is -1.98. The van der Waals surface area contributed by atoms with E-state index in [0.717, 1.165) is 35.9 Å². The van der Waals surface area contributed by atoms with E-state index in [1.807, 2.05) is 47.9 Å². The van der Waals surface area contributed by atoms with Crippen molar-refractivity contribution in [1.29, 1.82) is 0 Å². The first kappa shape index (κ1) is 17.8. The molecule has 1 aromatic carbocycles. The number of aromatic nitrogens is 3. The van der Waals surface area contributed by atoms with Crippen LogP contribution in [-0.4, -0.2) is 27.1 Å². The van der Waals surface area contributed by atoms with Crippen molar-refractivity contribution in [2.75, 3.05) is 17.6 Å². The first-order chi connectivity index (χ1) is 11.8. The molecule has 4 nitrogen and oxygen atoms in total. The van der Waals surface area contributed by atoms with E-state index in [-0.39, 0.29) is 12.4 Å². The minimum atomic E-state index is 0. The fraction of sp³-hybridized carbons (Fsp3) is 0.263. The SMILES string of the molecule is Cl.Cn1nc(-c2ccccn2)c2c1NCCSC2Cc1ccccc1. The summed E-state index contributed by atoms with van der Waals surface area (Å²) in [4.78, 5) is 4.53. The Morgan fingerprint density at radius 3 is 2.72 bits per heavy atom. The van der Waals surface area contributed by atoms with Crippen LogP contribution in [-0.2, 0) is 13.5 Å². The molecule has 3 heterocycles. The Bertz CT molecular complexity index is 820. The van der Waals surface area contributed by atoms with Gasteiger partial charge in [0.05, 0.1) is 5.69 Å². The van der Waals surface area contributed by atoms with Crippen molar-refractivity contribution in [1.82, 2.24) is 14.8 Å². The second kappa shape index (κ2) is 7.93. The Morgan fingerprint density at radius 2 is 1.96 bits per heavy atom. The van der Waals surface area contributed by atoms with Gasteiger partial charge in [0.1, 0.15) is 11.5 Å². The summed E-state index contributed by atoms with van der Waals surface area (Å²) >= 11 is 2.00. The molecule has 0 saturated heterocycles. The smallest absolute Gasteiger partial charge is 0.129 e. The third-order valence-corrected chi connectivity index (χ3v) is 5.54. The van der Waals surface area contributed by atoms with Gasteiger partial charge in [-0.3, -0.25) is 9.67 Å². The lowest BCUT2D eigenvalue weighted by molar-refractivity contribution is 0.772. The van der Waals surface area contributed by atoms with Gasteiger partial charge in [0.25, 0.3) is 0 Å². The minimum Gasteiger partial charge on any atom is -0.369 e. The topological polar surface area (TPSA) is 42.7 Å². The van der Waals surface area contributed by atoms with Crippen molar-refractivity contribution in [3.8, 4) is 11.4 Å². The molecular weight excluding hydrogens is 352 g/mol. The highest BCUT2D eigenvalue weighted by atomic mass is 35.5. The zero-order valence-electron chi connectivity index (χ0n) is 14.1. The maximum atomic E-state index is 4.77. The van der Waals surface area contributed by atoms with Crippen LogP contribution in [0, 0.1) is 0 Å². The number of nitrogens with one attached hydrogen (secondary N) is 1. The van der Waals surface area contributed by atoms with Gasteiger partial charge in [-0.2, -0.15) is 16.9 Å². The summed E-state index contributed by atoms with van der Waals surface area (Å²) in [5.41, 5.74) is 4.58. The molecule has 1 unspecified atom stereocenters. The van der Waals surface area contributed by atoms with Gasteiger partial charge in [-0.1, -0.05) is 36.4 Å². The van der Waals surface area contributed by atoms with Gasteiger partial charge in [0.2, 0.25) is 0 Å². The van der Waals surface area contributed by atoms with E-state index in [4.69, 9.17) is 5.10 Å². The second-order valence-electron chi connectivity index (χ2n) is 5.93. The summed E-state index contributed by atoms with van der Waals surface area (Å²) < 4.78 is 1.96. The summed E-state index contributed by atoms with van der Waals surface area (Å²) in [6, 6.07) is 16.7. The Balaban J connectivity index is 0.00000182. The van der Waals surface area contributed by atoms with Crippen LogP contribution in [0.4, 0.5) is 5.82 Å². The molecule has 0 spiro atoms. The van der Waals surface area contributed by atoms with Crippen LogP contribution in [0.15, 0.2) is 54.7 Å². The highest BCUT2D eigenvalue weighted by molar-refractivity contribution is 7.99. The third-order valence-electron chi connectivity index (χ3n) is 4.29. The molecule has 6 heteroatoms. The zero-order valence-corrected chi connectivity index (χ0v) is 15.7. The van der Waals surface area contributed by atoms with Gasteiger partial charge in [-0.15, -0.1) is 12.4 Å². The van der Waals surface area contributed by atoms with Crippen LogP contribution in [0.1, 0.15) is 16.4 Å². The maximum Gasteiger partial charge on any atom is 0.129 e. The number of hydrogen-bond acceptors (Lipinski definition) is 4. The van der Waals surface area contributed by atoms with Gasteiger partial charge < -0.3 is 5.32 Å². The zero-order chi connectivity index (χ0) is 16.4. The molecule has 0 fully saturated rings. The van der Waals surface area contributed by atoms with E-state index >= 15 is 0 Å². The molecule has 1 aliphatic heterocycles. The van der Waals surface area contributed by atoms with E-state index in [0.29, 0.717) is 5.25 Å².